The maximum atomic E-state index is 12.0. The molecular weight excluding hydrogens is 256 g/mol. The highest BCUT2D eigenvalue weighted by atomic mass is 16.9. The van der Waals surface area contributed by atoms with E-state index in [0.717, 1.165) is 5.69 Å². The number of amides is 1. The Balaban J connectivity index is 2.06. The van der Waals surface area contributed by atoms with Gasteiger partial charge < -0.3 is 5.32 Å². The summed E-state index contributed by atoms with van der Waals surface area (Å²) >= 11 is 0. The van der Waals surface area contributed by atoms with E-state index in [-0.39, 0.29) is 5.91 Å². The molecule has 20 heavy (non-hydrogen) atoms. The molecule has 0 atom stereocenters. The highest BCUT2D eigenvalue weighted by Gasteiger charge is 2.07. The molecule has 0 saturated carbocycles. The Hall–Kier alpha value is -2.37. The monoisotopic (exact) mass is 272 g/mol. The van der Waals surface area contributed by atoms with Crippen molar-refractivity contribution in [2.24, 2.45) is 0 Å². The van der Waals surface area contributed by atoms with E-state index in [1.165, 1.54) is 19.4 Å². The molecule has 5 nitrogen and oxygen atoms in total. The van der Waals surface area contributed by atoms with Crippen LogP contribution < -0.4 is 10.5 Å². The lowest BCUT2D eigenvalue weighted by Crippen LogP contribution is -2.19. The molecule has 1 N–H and O–H groups in total. The minimum Gasteiger partial charge on any atom is -0.322 e. The fourth-order valence-electron chi connectivity index (χ4n) is 1.74. The smallest absolute Gasteiger partial charge is 0.255 e. The zero-order chi connectivity index (χ0) is 14.4. The second-order valence-electron chi connectivity index (χ2n) is 3.99. The van der Waals surface area contributed by atoms with E-state index in [9.17, 15) is 4.79 Å². The number of rotatable bonds is 5. The van der Waals surface area contributed by atoms with Gasteiger partial charge in [0.15, 0.2) is 0 Å². The fraction of sp³-hybridized carbons (Fsp3) is 0.133. The number of hydrogen-bond donors (Lipinski definition) is 1. The number of anilines is 2. The molecule has 0 aliphatic rings. The summed E-state index contributed by atoms with van der Waals surface area (Å²) in [4.78, 5) is 22.0. The number of benzene rings is 2. The van der Waals surface area contributed by atoms with Crippen molar-refractivity contribution in [2.45, 2.75) is 0 Å². The van der Waals surface area contributed by atoms with Gasteiger partial charge in [-0.25, -0.2) is 0 Å². The second-order valence-corrected chi connectivity index (χ2v) is 3.99. The van der Waals surface area contributed by atoms with Crippen molar-refractivity contribution in [1.29, 1.82) is 0 Å². The van der Waals surface area contributed by atoms with Crippen molar-refractivity contribution < 1.29 is 14.5 Å². The Morgan fingerprint density at radius 2 is 1.55 bits per heavy atom. The van der Waals surface area contributed by atoms with Crippen LogP contribution >= 0.6 is 0 Å². The third-order valence-electron chi connectivity index (χ3n) is 2.70. The summed E-state index contributed by atoms with van der Waals surface area (Å²) in [6.45, 7) is 0. The molecule has 0 fully saturated rings. The predicted molar refractivity (Wildman–Crippen MR) is 77.3 cm³/mol. The lowest BCUT2D eigenvalue weighted by Gasteiger charge is -2.18. The van der Waals surface area contributed by atoms with Crippen molar-refractivity contribution >= 4 is 17.3 Å². The van der Waals surface area contributed by atoms with E-state index in [1.807, 2.05) is 18.2 Å². The van der Waals surface area contributed by atoms with Crippen LogP contribution in [0.1, 0.15) is 10.4 Å². The van der Waals surface area contributed by atoms with Gasteiger partial charge in [0.2, 0.25) is 0 Å². The normalized spacial score (nSPS) is 10.1. The summed E-state index contributed by atoms with van der Waals surface area (Å²) in [7, 11) is 3.02. The molecule has 0 bridgehead atoms. The zero-order valence-electron chi connectivity index (χ0n) is 11.4. The van der Waals surface area contributed by atoms with E-state index < -0.39 is 0 Å². The summed E-state index contributed by atoms with van der Waals surface area (Å²) in [5.74, 6) is -0.145. The molecule has 1 amide bonds. The van der Waals surface area contributed by atoms with Gasteiger partial charge in [-0.2, -0.15) is 0 Å². The van der Waals surface area contributed by atoms with E-state index in [0.29, 0.717) is 11.3 Å². The Morgan fingerprint density at radius 3 is 2.10 bits per heavy atom. The number of carbonyl (C=O) groups is 1. The maximum absolute atomic E-state index is 12.0. The van der Waals surface area contributed by atoms with Crippen LogP contribution in [-0.4, -0.2) is 20.1 Å². The SMILES string of the molecule is CON(OC)c1ccc(NC(=O)c2ccccc2)cc1. The molecule has 0 unspecified atom stereocenters. The molecule has 0 spiro atoms. The van der Waals surface area contributed by atoms with Crippen LogP contribution in [0.15, 0.2) is 54.6 Å². The largest absolute Gasteiger partial charge is 0.322 e. The zero-order valence-corrected chi connectivity index (χ0v) is 11.4. The molecule has 0 radical (unpaired) electrons. The minimum atomic E-state index is -0.145. The van der Waals surface area contributed by atoms with E-state index in [4.69, 9.17) is 9.68 Å². The number of hydrogen-bond acceptors (Lipinski definition) is 4. The average molecular weight is 272 g/mol. The molecule has 0 aliphatic carbocycles. The van der Waals surface area contributed by atoms with Crippen LogP contribution in [-0.2, 0) is 9.68 Å². The van der Waals surface area contributed by atoms with Gasteiger partial charge in [0.05, 0.1) is 19.9 Å². The first-order valence-electron chi connectivity index (χ1n) is 6.09. The van der Waals surface area contributed by atoms with Gasteiger partial charge in [0.25, 0.3) is 5.91 Å². The second kappa shape index (κ2) is 6.70. The summed E-state index contributed by atoms with van der Waals surface area (Å²) in [6.07, 6.45) is 0. The summed E-state index contributed by atoms with van der Waals surface area (Å²) in [6, 6.07) is 16.2. The van der Waals surface area contributed by atoms with Crippen LogP contribution in [0.25, 0.3) is 0 Å². The lowest BCUT2D eigenvalue weighted by atomic mass is 10.2. The first kappa shape index (κ1) is 14.0. The third-order valence-corrected chi connectivity index (χ3v) is 2.70. The van der Waals surface area contributed by atoms with Gasteiger partial charge in [0.1, 0.15) is 0 Å². The van der Waals surface area contributed by atoms with Crippen molar-refractivity contribution in [1.82, 2.24) is 0 Å². The number of carbonyl (C=O) groups excluding carboxylic acids is 1. The van der Waals surface area contributed by atoms with E-state index >= 15 is 0 Å². The molecule has 2 aromatic rings. The molecule has 104 valence electrons. The minimum absolute atomic E-state index is 0.145. The van der Waals surface area contributed by atoms with Crippen molar-refractivity contribution in [3.63, 3.8) is 0 Å². The molecule has 5 heteroatoms. The lowest BCUT2D eigenvalue weighted by molar-refractivity contribution is -0.0433. The van der Waals surface area contributed by atoms with Gasteiger partial charge in [0, 0.05) is 11.3 Å². The maximum Gasteiger partial charge on any atom is 0.255 e. The molecule has 0 heterocycles. The Bertz CT molecular complexity index is 551. The first-order chi connectivity index (χ1) is 9.74. The fourth-order valence-corrected chi connectivity index (χ4v) is 1.74. The molecule has 2 rings (SSSR count). The number of nitrogens with zero attached hydrogens (tertiary/aromatic N) is 1. The average Bonchev–Trinajstić information content (AvgIpc) is 2.51. The van der Waals surface area contributed by atoms with Gasteiger partial charge in [-0.05, 0) is 36.4 Å². The van der Waals surface area contributed by atoms with Gasteiger partial charge >= 0.3 is 0 Å². The molecule has 0 saturated heterocycles. The highest BCUT2D eigenvalue weighted by molar-refractivity contribution is 6.04. The number of nitrogens with one attached hydrogen (secondary N) is 1. The van der Waals surface area contributed by atoms with Crippen LogP contribution in [0, 0.1) is 0 Å². The van der Waals surface area contributed by atoms with Crippen molar-refractivity contribution in [3.8, 4) is 0 Å². The van der Waals surface area contributed by atoms with Gasteiger partial charge in [-0.3, -0.25) is 14.5 Å². The standard InChI is InChI=1S/C15H16N2O3/c1-19-17(20-2)14-10-8-13(9-11-14)16-15(18)12-6-4-3-5-7-12/h3-11H,1-2H3,(H,16,18). The molecular formula is C15H16N2O3. The predicted octanol–water partition coefficient (Wildman–Crippen LogP) is 2.87. The van der Waals surface area contributed by atoms with Crippen LogP contribution in [0.5, 0.6) is 0 Å². The summed E-state index contributed by atoms with van der Waals surface area (Å²) in [5.41, 5.74) is 2.05. The summed E-state index contributed by atoms with van der Waals surface area (Å²) in [5, 5.41) is 4.09. The Labute approximate surface area is 117 Å². The first-order valence-corrected chi connectivity index (χ1v) is 6.09. The van der Waals surface area contributed by atoms with Gasteiger partial charge in [-0.1, -0.05) is 18.2 Å². The van der Waals surface area contributed by atoms with Crippen LogP contribution in [0.2, 0.25) is 0 Å². The molecule has 0 aliphatic heterocycles. The quantitative estimate of drug-likeness (QED) is 0.850. The van der Waals surface area contributed by atoms with E-state index in [2.05, 4.69) is 5.32 Å². The molecule has 0 aromatic heterocycles. The van der Waals surface area contributed by atoms with E-state index in [1.54, 1.807) is 36.4 Å². The highest BCUT2D eigenvalue weighted by Crippen LogP contribution is 2.18. The van der Waals surface area contributed by atoms with Crippen LogP contribution in [0.4, 0.5) is 11.4 Å². The topological polar surface area (TPSA) is 50.8 Å². The van der Waals surface area contributed by atoms with Crippen LogP contribution in [0.3, 0.4) is 0 Å². The third kappa shape index (κ3) is 3.34. The van der Waals surface area contributed by atoms with Crippen molar-refractivity contribution in [3.05, 3.63) is 60.2 Å². The summed E-state index contributed by atoms with van der Waals surface area (Å²) < 4.78 is 0. The molecule has 2 aromatic carbocycles. The Morgan fingerprint density at radius 1 is 0.950 bits per heavy atom. The van der Waals surface area contributed by atoms with Crippen molar-refractivity contribution in [2.75, 3.05) is 24.8 Å². The Kier molecular flexibility index (Phi) is 4.70. The van der Waals surface area contributed by atoms with Gasteiger partial charge in [-0.15, -0.1) is 5.23 Å².